The van der Waals surface area contributed by atoms with Crippen molar-refractivity contribution in [1.29, 1.82) is 0 Å². The van der Waals surface area contributed by atoms with Gasteiger partial charge in [-0.1, -0.05) is 34.1 Å². The smallest absolute Gasteiger partial charge is 0.310 e. The fraction of sp³-hybridized carbons (Fsp3) is 0.273. The molecule has 4 nitrogen and oxygen atoms in total. The van der Waals surface area contributed by atoms with Crippen LogP contribution in [-0.2, 0) is 6.42 Å². The molecule has 0 spiro atoms. The second-order valence-corrected chi connectivity index (χ2v) is 3.74. The molecule has 5 heteroatoms. The van der Waals surface area contributed by atoms with Crippen LogP contribution in [0, 0.1) is 10.1 Å². The molecular formula is C11H12BrNO3. The van der Waals surface area contributed by atoms with E-state index in [-0.39, 0.29) is 5.69 Å². The highest BCUT2D eigenvalue weighted by Crippen LogP contribution is 2.27. The van der Waals surface area contributed by atoms with Crippen molar-refractivity contribution in [2.24, 2.45) is 0 Å². The Balaban J connectivity index is 2.91. The maximum Gasteiger partial charge on any atom is 0.310 e. The van der Waals surface area contributed by atoms with Gasteiger partial charge in [0.25, 0.3) is 0 Å². The van der Waals surface area contributed by atoms with Gasteiger partial charge in [0.1, 0.15) is 0 Å². The zero-order chi connectivity index (χ0) is 12.0. The lowest BCUT2D eigenvalue weighted by molar-refractivity contribution is -0.385. The molecule has 0 N–H and O–H groups in total. The summed E-state index contributed by atoms with van der Waals surface area (Å²) < 4.78 is 4.98. The topological polar surface area (TPSA) is 52.4 Å². The summed E-state index contributed by atoms with van der Waals surface area (Å²) in [5, 5.41) is 11.5. The average Bonchev–Trinajstić information content (AvgIpc) is 2.29. The summed E-state index contributed by atoms with van der Waals surface area (Å²) in [6, 6.07) is 4.89. The number of hydrogen-bond donors (Lipinski definition) is 0. The Morgan fingerprint density at radius 3 is 2.81 bits per heavy atom. The summed E-state index contributed by atoms with van der Waals surface area (Å²) in [6.07, 6.45) is 4.71. The summed E-state index contributed by atoms with van der Waals surface area (Å²) in [5.41, 5.74) is 0.982. The molecule has 0 aromatic heterocycles. The second-order valence-electron chi connectivity index (χ2n) is 3.09. The summed E-state index contributed by atoms with van der Waals surface area (Å²) in [4.78, 5) is 10.2. The number of hydrogen-bond acceptors (Lipinski definition) is 3. The van der Waals surface area contributed by atoms with Gasteiger partial charge in [-0.3, -0.25) is 10.1 Å². The second kappa shape index (κ2) is 6.27. The normalized spacial score (nSPS) is 10.6. The molecule has 0 radical (unpaired) electrons. The first-order valence-corrected chi connectivity index (χ1v) is 5.83. The van der Waals surface area contributed by atoms with E-state index in [1.807, 2.05) is 12.2 Å². The number of methoxy groups -OCH3 is 1. The van der Waals surface area contributed by atoms with Crippen LogP contribution in [-0.4, -0.2) is 17.4 Å². The van der Waals surface area contributed by atoms with Gasteiger partial charge in [-0.25, -0.2) is 0 Å². The number of rotatable bonds is 5. The van der Waals surface area contributed by atoms with Crippen LogP contribution < -0.4 is 4.74 Å². The van der Waals surface area contributed by atoms with Crippen LogP contribution in [0.1, 0.15) is 5.56 Å². The molecule has 1 rings (SSSR count). The van der Waals surface area contributed by atoms with E-state index in [0.717, 1.165) is 17.3 Å². The van der Waals surface area contributed by atoms with E-state index in [1.165, 1.54) is 13.2 Å². The van der Waals surface area contributed by atoms with Crippen LogP contribution in [0.3, 0.4) is 0 Å². The number of alkyl halides is 1. The Bertz CT molecular complexity index is 404. The third kappa shape index (κ3) is 3.34. The number of allylic oxidation sites excluding steroid dienone is 2. The van der Waals surface area contributed by atoms with Gasteiger partial charge >= 0.3 is 5.69 Å². The largest absolute Gasteiger partial charge is 0.490 e. The lowest BCUT2D eigenvalue weighted by atomic mass is 10.1. The average molecular weight is 286 g/mol. The minimum absolute atomic E-state index is 0.00396. The highest BCUT2D eigenvalue weighted by atomic mass is 79.9. The van der Waals surface area contributed by atoms with E-state index in [4.69, 9.17) is 4.74 Å². The highest BCUT2D eigenvalue weighted by Gasteiger charge is 2.13. The van der Waals surface area contributed by atoms with Crippen LogP contribution in [0.25, 0.3) is 0 Å². The zero-order valence-electron chi connectivity index (χ0n) is 8.85. The first-order valence-electron chi connectivity index (χ1n) is 4.71. The van der Waals surface area contributed by atoms with Gasteiger partial charge in [-0.05, 0) is 18.1 Å². The van der Waals surface area contributed by atoms with Crippen molar-refractivity contribution in [2.75, 3.05) is 12.4 Å². The van der Waals surface area contributed by atoms with E-state index < -0.39 is 4.92 Å². The predicted octanol–water partition coefficient (Wildman–Crippen LogP) is 3.10. The van der Waals surface area contributed by atoms with Crippen LogP contribution in [0.5, 0.6) is 5.75 Å². The summed E-state index contributed by atoms with van der Waals surface area (Å²) >= 11 is 3.28. The first kappa shape index (κ1) is 12.7. The van der Waals surface area contributed by atoms with Gasteiger partial charge in [0.2, 0.25) is 0 Å². The zero-order valence-corrected chi connectivity index (χ0v) is 10.4. The molecule has 86 valence electrons. The summed E-state index contributed by atoms with van der Waals surface area (Å²) in [7, 11) is 1.43. The monoisotopic (exact) mass is 285 g/mol. The molecule has 0 fully saturated rings. The van der Waals surface area contributed by atoms with Gasteiger partial charge in [-0.2, -0.15) is 0 Å². The fourth-order valence-electron chi connectivity index (χ4n) is 1.28. The van der Waals surface area contributed by atoms with E-state index in [1.54, 1.807) is 12.1 Å². The molecule has 0 saturated carbocycles. The van der Waals surface area contributed by atoms with Gasteiger partial charge in [0.15, 0.2) is 5.75 Å². The Kier molecular flexibility index (Phi) is 4.98. The lowest BCUT2D eigenvalue weighted by Crippen LogP contribution is -1.94. The number of benzene rings is 1. The van der Waals surface area contributed by atoms with E-state index in [0.29, 0.717) is 5.75 Å². The Morgan fingerprint density at radius 1 is 1.50 bits per heavy atom. The van der Waals surface area contributed by atoms with Crippen LogP contribution >= 0.6 is 15.9 Å². The van der Waals surface area contributed by atoms with Crippen molar-refractivity contribution in [2.45, 2.75) is 6.42 Å². The van der Waals surface area contributed by atoms with Crippen molar-refractivity contribution >= 4 is 21.6 Å². The van der Waals surface area contributed by atoms with Crippen molar-refractivity contribution < 1.29 is 9.66 Å². The van der Waals surface area contributed by atoms with Gasteiger partial charge in [-0.15, -0.1) is 0 Å². The van der Waals surface area contributed by atoms with Gasteiger partial charge in [0.05, 0.1) is 12.0 Å². The molecule has 0 aliphatic heterocycles. The molecule has 0 aliphatic rings. The predicted molar refractivity (Wildman–Crippen MR) is 66.3 cm³/mol. The molecular weight excluding hydrogens is 274 g/mol. The molecule has 1 aromatic carbocycles. The number of halogens is 1. The van der Waals surface area contributed by atoms with Crippen molar-refractivity contribution in [3.05, 3.63) is 46.0 Å². The molecule has 0 aliphatic carbocycles. The van der Waals surface area contributed by atoms with Gasteiger partial charge in [0, 0.05) is 11.4 Å². The van der Waals surface area contributed by atoms with E-state index >= 15 is 0 Å². The van der Waals surface area contributed by atoms with Gasteiger partial charge < -0.3 is 4.74 Å². The molecule has 1 aromatic rings. The third-order valence-electron chi connectivity index (χ3n) is 2.05. The Labute approximate surface area is 102 Å². The molecule has 0 bridgehead atoms. The van der Waals surface area contributed by atoms with Crippen molar-refractivity contribution in [1.82, 2.24) is 0 Å². The summed E-state index contributed by atoms with van der Waals surface area (Å²) in [5.74, 6) is 0.301. The van der Waals surface area contributed by atoms with Crippen LogP contribution in [0.15, 0.2) is 30.4 Å². The molecule has 0 atom stereocenters. The lowest BCUT2D eigenvalue weighted by Gasteiger charge is -2.03. The van der Waals surface area contributed by atoms with Crippen LogP contribution in [0.4, 0.5) is 5.69 Å². The maximum atomic E-state index is 10.7. The summed E-state index contributed by atoms with van der Waals surface area (Å²) in [6.45, 7) is 0. The van der Waals surface area contributed by atoms with Crippen molar-refractivity contribution in [3.63, 3.8) is 0 Å². The quantitative estimate of drug-likeness (QED) is 0.362. The minimum atomic E-state index is -0.447. The molecule has 0 heterocycles. The molecule has 0 unspecified atom stereocenters. The first-order chi connectivity index (χ1) is 7.69. The molecule has 16 heavy (non-hydrogen) atoms. The number of nitro benzene ring substituents is 1. The third-order valence-corrected chi connectivity index (χ3v) is 2.42. The molecule has 0 saturated heterocycles. The number of nitro groups is 1. The number of ether oxygens (including phenoxy) is 1. The standard InChI is InChI=1S/C11H12BrNO3/c1-16-11-8-9(4-2-3-7-12)5-6-10(11)13(14)15/h2-3,5-6,8H,4,7H2,1H3. The SMILES string of the molecule is COc1cc(CC=CCBr)ccc1[N+](=O)[O-]. The number of nitrogens with zero attached hydrogens (tertiary/aromatic N) is 1. The maximum absolute atomic E-state index is 10.7. The fourth-order valence-corrected chi connectivity index (χ4v) is 1.55. The van der Waals surface area contributed by atoms with E-state index in [2.05, 4.69) is 15.9 Å². The van der Waals surface area contributed by atoms with Crippen molar-refractivity contribution in [3.8, 4) is 5.75 Å². The molecule has 0 amide bonds. The van der Waals surface area contributed by atoms with Crippen LogP contribution in [0.2, 0.25) is 0 Å². The Hall–Kier alpha value is -1.36. The highest BCUT2D eigenvalue weighted by molar-refractivity contribution is 9.09. The Morgan fingerprint density at radius 2 is 2.25 bits per heavy atom. The minimum Gasteiger partial charge on any atom is -0.490 e. The van der Waals surface area contributed by atoms with E-state index in [9.17, 15) is 10.1 Å².